The van der Waals surface area contributed by atoms with E-state index in [9.17, 15) is 0 Å². The first-order chi connectivity index (χ1) is 15.3. The monoisotopic (exact) mass is 440 g/mol. The standard InChI is InChI=1S/C28H58.C2H6O/c1-3-5-7-9-11-13-15-17-19-21-23-25-27-28-26-24-22-20-18-16-14-12-10-8-6-4-2;1-2-3/h3-28H2,1-2H3;3H,2H2,1H3. The first-order valence-corrected chi connectivity index (χ1v) is 14.9. The number of unbranched alkanes of at least 4 members (excludes halogenated alkanes) is 25. The second-order valence-corrected chi connectivity index (χ2v) is 9.80. The minimum Gasteiger partial charge on any atom is -0.397 e. The molecule has 0 atom stereocenters. The molecule has 1 heteroatoms. The Balaban J connectivity index is 0. The molecule has 0 aliphatic heterocycles. The highest BCUT2D eigenvalue weighted by molar-refractivity contribution is 4.51. The first kappa shape index (κ1) is 33.1. The van der Waals surface area contributed by atoms with Gasteiger partial charge in [0.25, 0.3) is 0 Å². The third kappa shape index (κ3) is 37.6. The van der Waals surface area contributed by atoms with Gasteiger partial charge in [-0.2, -0.15) is 0 Å². The van der Waals surface area contributed by atoms with E-state index < -0.39 is 0 Å². The Morgan fingerprint density at radius 1 is 0.258 bits per heavy atom. The van der Waals surface area contributed by atoms with Gasteiger partial charge in [-0.3, -0.25) is 0 Å². The molecule has 1 nitrogen and oxygen atoms in total. The summed E-state index contributed by atoms with van der Waals surface area (Å²) in [6, 6.07) is 0. The van der Waals surface area contributed by atoms with E-state index in [1.807, 2.05) is 0 Å². The van der Waals surface area contributed by atoms with Crippen molar-refractivity contribution in [2.24, 2.45) is 0 Å². The Morgan fingerprint density at radius 3 is 0.452 bits per heavy atom. The van der Waals surface area contributed by atoms with Gasteiger partial charge in [-0.1, -0.05) is 181 Å². The Hall–Kier alpha value is -0.0400. The molecule has 0 saturated heterocycles. The van der Waals surface area contributed by atoms with Crippen LogP contribution in [0.3, 0.4) is 0 Å². The fraction of sp³-hybridized carbons (Fsp3) is 1.00. The summed E-state index contributed by atoms with van der Waals surface area (Å²) in [6.07, 6.45) is 38.4. The van der Waals surface area contributed by atoms with Crippen LogP contribution in [0.25, 0.3) is 0 Å². The van der Waals surface area contributed by atoms with Gasteiger partial charge in [-0.15, -0.1) is 0 Å². The van der Waals surface area contributed by atoms with E-state index in [1.165, 1.54) is 167 Å². The van der Waals surface area contributed by atoms with E-state index in [0.29, 0.717) is 0 Å². The third-order valence-electron chi connectivity index (χ3n) is 6.46. The highest BCUT2D eigenvalue weighted by Gasteiger charge is 1.96. The number of rotatable bonds is 25. The molecular formula is C30H64O. The maximum absolute atomic E-state index is 7.57. The van der Waals surface area contributed by atoms with E-state index in [0.717, 1.165) is 0 Å². The third-order valence-corrected chi connectivity index (χ3v) is 6.46. The van der Waals surface area contributed by atoms with Crippen LogP contribution >= 0.6 is 0 Å². The molecule has 0 aromatic rings. The molecule has 1 N–H and O–H groups in total. The van der Waals surface area contributed by atoms with Gasteiger partial charge in [0.1, 0.15) is 0 Å². The highest BCUT2D eigenvalue weighted by Crippen LogP contribution is 2.15. The van der Waals surface area contributed by atoms with Crippen molar-refractivity contribution < 1.29 is 5.11 Å². The number of hydrogen-bond acceptors (Lipinski definition) is 1. The number of aliphatic hydroxyl groups excluding tert-OH is 1. The molecule has 0 radical (unpaired) electrons. The zero-order valence-corrected chi connectivity index (χ0v) is 22.5. The van der Waals surface area contributed by atoms with Gasteiger partial charge in [-0.25, -0.2) is 0 Å². The summed E-state index contributed by atoms with van der Waals surface area (Å²) in [5.74, 6) is 0. The second-order valence-electron chi connectivity index (χ2n) is 9.80. The smallest absolute Gasteiger partial charge is 0.0402 e. The van der Waals surface area contributed by atoms with Crippen molar-refractivity contribution in [2.75, 3.05) is 6.61 Å². The van der Waals surface area contributed by atoms with Crippen LogP contribution in [-0.2, 0) is 0 Å². The lowest BCUT2D eigenvalue weighted by Gasteiger charge is -2.04. The summed E-state index contributed by atoms with van der Waals surface area (Å²) in [5, 5.41) is 7.57. The van der Waals surface area contributed by atoms with Gasteiger partial charge in [0.05, 0.1) is 0 Å². The molecule has 0 bridgehead atoms. The van der Waals surface area contributed by atoms with Crippen LogP contribution in [0.4, 0.5) is 0 Å². The molecule has 0 unspecified atom stereocenters. The van der Waals surface area contributed by atoms with Crippen molar-refractivity contribution >= 4 is 0 Å². The zero-order chi connectivity index (χ0) is 23.1. The van der Waals surface area contributed by atoms with Crippen molar-refractivity contribution in [3.8, 4) is 0 Å². The molecule has 190 valence electrons. The van der Waals surface area contributed by atoms with Crippen LogP contribution in [0.2, 0.25) is 0 Å². The molecule has 31 heavy (non-hydrogen) atoms. The maximum Gasteiger partial charge on any atom is 0.0402 e. The van der Waals surface area contributed by atoms with Crippen LogP contribution in [0.5, 0.6) is 0 Å². The van der Waals surface area contributed by atoms with Gasteiger partial charge in [0.15, 0.2) is 0 Å². The fourth-order valence-corrected chi connectivity index (χ4v) is 4.39. The van der Waals surface area contributed by atoms with E-state index in [1.54, 1.807) is 6.92 Å². The van der Waals surface area contributed by atoms with E-state index in [-0.39, 0.29) is 6.61 Å². The zero-order valence-electron chi connectivity index (χ0n) is 22.5. The predicted octanol–water partition coefficient (Wildman–Crippen LogP) is 11.2. The molecular weight excluding hydrogens is 376 g/mol. The molecule has 0 spiro atoms. The molecule has 0 heterocycles. The average molecular weight is 441 g/mol. The van der Waals surface area contributed by atoms with Crippen LogP contribution in [0.15, 0.2) is 0 Å². The normalized spacial score (nSPS) is 10.8. The van der Waals surface area contributed by atoms with Crippen molar-refractivity contribution in [1.29, 1.82) is 0 Å². The van der Waals surface area contributed by atoms with Gasteiger partial charge in [-0.05, 0) is 6.92 Å². The van der Waals surface area contributed by atoms with Gasteiger partial charge in [0, 0.05) is 6.61 Å². The molecule has 0 aromatic carbocycles. The molecule has 0 fully saturated rings. The Morgan fingerprint density at radius 2 is 0.355 bits per heavy atom. The maximum atomic E-state index is 7.57. The molecule has 0 rings (SSSR count). The quantitative estimate of drug-likeness (QED) is 0.140. The summed E-state index contributed by atoms with van der Waals surface area (Å²) < 4.78 is 0. The Labute approximate surface area is 199 Å². The molecule has 0 aliphatic carbocycles. The number of hydrogen-bond donors (Lipinski definition) is 1. The van der Waals surface area contributed by atoms with Gasteiger partial charge >= 0.3 is 0 Å². The van der Waals surface area contributed by atoms with Crippen molar-refractivity contribution in [3.05, 3.63) is 0 Å². The summed E-state index contributed by atoms with van der Waals surface area (Å²) in [4.78, 5) is 0. The van der Waals surface area contributed by atoms with Crippen molar-refractivity contribution in [3.63, 3.8) is 0 Å². The summed E-state index contributed by atoms with van der Waals surface area (Å²) in [7, 11) is 0. The highest BCUT2D eigenvalue weighted by atomic mass is 16.2. The van der Waals surface area contributed by atoms with Crippen LogP contribution in [0, 0.1) is 0 Å². The summed E-state index contributed by atoms with van der Waals surface area (Å²) in [5.41, 5.74) is 0. The minimum atomic E-state index is 0.250. The SMILES string of the molecule is CCCCCCCCCCCCCCCCCCCCCCCCCCCC.CCO. The van der Waals surface area contributed by atoms with Crippen molar-refractivity contribution in [2.45, 2.75) is 188 Å². The molecule has 0 amide bonds. The topological polar surface area (TPSA) is 20.2 Å². The van der Waals surface area contributed by atoms with E-state index in [4.69, 9.17) is 5.11 Å². The van der Waals surface area contributed by atoms with E-state index in [2.05, 4.69) is 13.8 Å². The van der Waals surface area contributed by atoms with Gasteiger partial charge in [0.2, 0.25) is 0 Å². The number of aliphatic hydroxyl groups is 1. The van der Waals surface area contributed by atoms with Crippen LogP contribution in [0.1, 0.15) is 188 Å². The second kappa shape index (κ2) is 34.6. The summed E-state index contributed by atoms with van der Waals surface area (Å²) >= 11 is 0. The lowest BCUT2D eigenvalue weighted by Crippen LogP contribution is -1.84. The van der Waals surface area contributed by atoms with E-state index >= 15 is 0 Å². The Kier molecular flexibility index (Phi) is 37.0. The molecule has 0 aliphatic rings. The van der Waals surface area contributed by atoms with Gasteiger partial charge < -0.3 is 5.11 Å². The largest absolute Gasteiger partial charge is 0.397 e. The van der Waals surface area contributed by atoms with Crippen LogP contribution in [-0.4, -0.2) is 11.7 Å². The van der Waals surface area contributed by atoms with Crippen LogP contribution < -0.4 is 0 Å². The average Bonchev–Trinajstić information content (AvgIpc) is 2.77. The Bertz CT molecular complexity index is 237. The predicted molar refractivity (Wildman–Crippen MR) is 144 cm³/mol. The summed E-state index contributed by atoms with van der Waals surface area (Å²) in [6.45, 7) is 6.54. The lowest BCUT2D eigenvalue weighted by atomic mass is 10.0. The molecule has 0 aromatic heterocycles. The fourth-order valence-electron chi connectivity index (χ4n) is 4.39. The lowest BCUT2D eigenvalue weighted by molar-refractivity contribution is 0.318. The van der Waals surface area contributed by atoms with Crippen molar-refractivity contribution in [1.82, 2.24) is 0 Å². The molecule has 0 saturated carbocycles. The first-order valence-electron chi connectivity index (χ1n) is 14.9. The minimum absolute atomic E-state index is 0.250.